The Hall–Kier alpha value is -1.62. The smallest absolute Gasteiger partial charge is 0.255 e. The van der Waals surface area contributed by atoms with E-state index in [0.717, 1.165) is 18.7 Å². The first-order chi connectivity index (χ1) is 9.31. The molecule has 4 rings (SSSR count). The maximum absolute atomic E-state index is 12.3. The quantitative estimate of drug-likeness (QED) is 0.843. The second-order valence-electron chi connectivity index (χ2n) is 5.30. The Labute approximate surface area is 115 Å². The van der Waals surface area contributed by atoms with Crippen LogP contribution in [0.25, 0.3) is 0 Å². The molecule has 0 spiro atoms. The van der Waals surface area contributed by atoms with Crippen molar-refractivity contribution in [3.63, 3.8) is 0 Å². The monoisotopic (exact) mass is 273 g/mol. The third-order valence-electron chi connectivity index (χ3n) is 3.87. The van der Waals surface area contributed by atoms with E-state index in [0.29, 0.717) is 12.5 Å². The van der Waals surface area contributed by atoms with E-state index < -0.39 is 0 Å². The van der Waals surface area contributed by atoms with Crippen molar-refractivity contribution in [1.82, 2.24) is 14.7 Å². The second-order valence-corrected chi connectivity index (χ2v) is 6.08. The van der Waals surface area contributed by atoms with Crippen LogP contribution in [0.4, 0.5) is 0 Å². The van der Waals surface area contributed by atoms with Gasteiger partial charge in [-0.15, -0.1) is 0 Å². The minimum atomic E-state index is 0.140. The molecule has 1 aliphatic heterocycles. The summed E-state index contributed by atoms with van der Waals surface area (Å²) in [6, 6.07) is 4.08. The highest BCUT2D eigenvalue weighted by Crippen LogP contribution is 2.39. The van der Waals surface area contributed by atoms with Crippen LogP contribution in [-0.2, 0) is 13.1 Å². The molecule has 0 saturated heterocycles. The molecule has 98 valence electrons. The lowest BCUT2D eigenvalue weighted by Gasteiger charge is -2.27. The topological polar surface area (TPSA) is 38.1 Å². The Morgan fingerprint density at radius 3 is 3.00 bits per heavy atom. The number of thiophene rings is 1. The van der Waals surface area contributed by atoms with E-state index in [1.54, 1.807) is 11.3 Å². The minimum absolute atomic E-state index is 0.140. The largest absolute Gasteiger partial charge is 0.331 e. The van der Waals surface area contributed by atoms with Crippen molar-refractivity contribution in [2.75, 3.05) is 6.54 Å². The summed E-state index contributed by atoms with van der Waals surface area (Å²) in [6.45, 7) is 2.26. The standard InChI is InChI=1S/C14H15N3OS/c18-14(11-3-6-19-9-11)16-4-5-17-12(8-16)7-13(15-17)10-1-2-10/h3,6-7,9-10H,1-2,4-5,8H2. The summed E-state index contributed by atoms with van der Waals surface area (Å²) in [5.41, 5.74) is 3.21. The number of hydrogen-bond acceptors (Lipinski definition) is 3. The molecule has 5 heteroatoms. The Bertz CT molecular complexity index is 613. The molecule has 3 heterocycles. The van der Waals surface area contributed by atoms with Gasteiger partial charge < -0.3 is 4.90 Å². The zero-order chi connectivity index (χ0) is 12.8. The van der Waals surface area contributed by atoms with Gasteiger partial charge in [-0.25, -0.2) is 0 Å². The molecule has 0 bridgehead atoms. The normalized spacial score (nSPS) is 18.4. The molecule has 0 atom stereocenters. The van der Waals surface area contributed by atoms with Gasteiger partial charge in [0.1, 0.15) is 0 Å². The van der Waals surface area contributed by atoms with E-state index in [4.69, 9.17) is 0 Å². The summed E-state index contributed by atoms with van der Waals surface area (Å²) in [5, 5.41) is 8.52. The molecule has 2 aromatic rings. The van der Waals surface area contributed by atoms with Gasteiger partial charge in [0.25, 0.3) is 5.91 Å². The Kier molecular flexibility index (Phi) is 2.48. The van der Waals surface area contributed by atoms with Crippen LogP contribution in [0.15, 0.2) is 22.9 Å². The summed E-state index contributed by atoms with van der Waals surface area (Å²) in [7, 11) is 0. The van der Waals surface area contributed by atoms with Gasteiger partial charge in [0.05, 0.1) is 30.0 Å². The molecule has 2 aromatic heterocycles. The van der Waals surface area contributed by atoms with Crippen LogP contribution in [0.2, 0.25) is 0 Å². The molecule has 2 aliphatic rings. The van der Waals surface area contributed by atoms with Gasteiger partial charge in [-0.1, -0.05) is 0 Å². The van der Waals surface area contributed by atoms with Crippen molar-refractivity contribution >= 4 is 17.2 Å². The van der Waals surface area contributed by atoms with Gasteiger partial charge in [0.15, 0.2) is 0 Å². The van der Waals surface area contributed by atoms with E-state index in [2.05, 4.69) is 15.8 Å². The van der Waals surface area contributed by atoms with Crippen LogP contribution in [0.5, 0.6) is 0 Å². The summed E-state index contributed by atoms with van der Waals surface area (Å²) in [4.78, 5) is 14.3. The first-order valence-electron chi connectivity index (χ1n) is 6.69. The van der Waals surface area contributed by atoms with Crippen LogP contribution >= 0.6 is 11.3 Å². The van der Waals surface area contributed by atoms with Crippen molar-refractivity contribution < 1.29 is 4.79 Å². The first kappa shape index (κ1) is 11.2. The maximum Gasteiger partial charge on any atom is 0.255 e. The highest BCUT2D eigenvalue weighted by Gasteiger charge is 2.29. The summed E-state index contributed by atoms with van der Waals surface area (Å²) >= 11 is 1.57. The van der Waals surface area contributed by atoms with Crippen molar-refractivity contribution in [3.05, 3.63) is 39.8 Å². The zero-order valence-electron chi connectivity index (χ0n) is 10.6. The highest BCUT2D eigenvalue weighted by atomic mass is 32.1. The molecule has 0 aromatic carbocycles. The summed E-state index contributed by atoms with van der Waals surface area (Å²) in [5.74, 6) is 0.820. The lowest BCUT2D eigenvalue weighted by Crippen LogP contribution is -2.38. The van der Waals surface area contributed by atoms with Gasteiger partial charge in [-0.2, -0.15) is 16.4 Å². The first-order valence-corrected chi connectivity index (χ1v) is 7.63. The minimum Gasteiger partial charge on any atom is -0.331 e. The fraction of sp³-hybridized carbons (Fsp3) is 0.429. The number of carbonyl (C=O) groups excluding carboxylic acids is 1. The van der Waals surface area contributed by atoms with E-state index in [-0.39, 0.29) is 5.91 Å². The summed E-state index contributed by atoms with van der Waals surface area (Å²) in [6.07, 6.45) is 2.54. The van der Waals surface area contributed by atoms with Crippen LogP contribution in [-0.4, -0.2) is 27.1 Å². The molecule has 1 saturated carbocycles. The molecule has 0 unspecified atom stereocenters. The number of aromatic nitrogens is 2. The molecule has 1 aliphatic carbocycles. The van der Waals surface area contributed by atoms with Gasteiger partial charge in [0, 0.05) is 17.8 Å². The van der Waals surface area contributed by atoms with Crippen LogP contribution < -0.4 is 0 Å². The predicted octanol–water partition coefficient (Wildman–Crippen LogP) is 2.48. The van der Waals surface area contributed by atoms with Gasteiger partial charge in [-0.3, -0.25) is 9.48 Å². The third kappa shape index (κ3) is 1.98. The number of carbonyl (C=O) groups is 1. The molecule has 1 amide bonds. The molecule has 0 radical (unpaired) electrons. The lowest BCUT2D eigenvalue weighted by atomic mass is 10.2. The second kappa shape index (κ2) is 4.20. The van der Waals surface area contributed by atoms with Crippen molar-refractivity contribution in [3.8, 4) is 0 Å². The van der Waals surface area contributed by atoms with Crippen molar-refractivity contribution in [2.24, 2.45) is 0 Å². The van der Waals surface area contributed by atoms with E-state index in [1.807, 2.05) is 21.7 Å². The van der Waals surface area contributed by atoms with Gasteiger partial charge >= 0.3 is 0 Å². The number of nitrogens with zero attached hydrogens (tertiary/aromatic N) is 3. The average Bonchev–Trinajstić information content (AvgIpc) is 2.99. The van der Waals surface area contributed by atoms with E-state index >= 15 is 0 Å². The number of amides is 1. The molecule has 0 N–H and O–H groups in total. The van der Waals surface area contributed by atoms with Crippen LogP contribution in [0.3, 0.4) is 0 Å². The molecule has 19 heavy (non-hydrogen) atoms. The third-order valence-corrected chi connectivity index (χ3v) is 4.55. The highest BCUT2D eigenvalue weighted by molar-refractivity contribution is 7.08. The summed E-state index contributed by atoms with van der Waals surface area (Å²) < 4.78 is 2.07. The van der Waals surface area contributed by atoms with Gasteiger partial charge in [-0.05, 0) is 30.4 Å². The Morgan fingerprint density at radius 1 is 1.37 bits per heavy atom. The van der Waals surface area contributed by atoms with Gasteiger partial charge in [0.2, 0.25) is 0 Å². The predicted molar refractivity (Wildman–Crippen MR) is 73.3 cm³/mol. The fourth-order valence-corrected chi connectivity index (χ4v) is 3.24. The van der Waals surface area contributed by atoms with Crippen molar-refractivity contribution in [1.29, 1.82) is 0 Å². The molecule has 4 nitrogen and oxygen atoms in total. The Balaban J connectivity index is 1.56. The number of hydrogen-bond donors (Lipinski definition) is 0. The van der Waals surface area contributed by atoms with Crippen LogP contribution in [0.1, 0.15) is 40.5 Å². The molecular formula is C14H15N3OS. The Morgan fingerprint density at radius 2 is 2.26 bits per heavy atom. The van der Waals surface area contributed by atoms with E-state index in [1.165, 1.54) is 24.2 Å². The fourth-order valence-electron chi connectivity index (χ4n) is 2.61. The average molecular weight is 273 g/mol. The maximum atomic E-state index is 12.3. The molecule has 1 fully saturated rings. The lowest BCUT2D eigenvalue weighted by molar-refractivity contribution is 0.0706. The SMILES string of the molecule is O=C(c1ccsc1)N1CCn2nc(C3CC3)cc2C1. The number of fused-ring (bicyclic) bond motifs is 1. The number of rotatable bonds is 2. The van der Waals surface area contributed by atoms with E-state index in [9.17, 15) is 4.79 Å². The van der Waals surface area contributed by atoms with Crippen molar-refractivity contribution in [2.45, 2.75) is 31.8 Å². The van der Waals surface area contributed by atoms with Crippen LogP contribution in [0, 0.1) is 0 Å². The molecular weight excluding hydrogens is 258 g/mol. The zero-order valence-corrected chi connectivity index (χ0v) is 11.4.